The molecule has 5 atom stereocenters. The SMILES string of the molecule is CCCCCCCCCCCCO[C@H]1O[C@H]([C@@H](C)OC(=O)NS(=O)(=O)c2ccccc2)[C@@H]2OC(C)(C)O[C@H]12. The molecule has 10 heteroatoms. The van der Waals surface area contributed by atoms with E-state index in [1.807, 2.05) is 18.6 Å². The van der Waals surface area contributed by atoms with Crippen LogP contribution in [0.25, 0.3) is 0 Å². The molecule has 0 radical (unpaired) electrons. The van der Waals surface area contributed by atoms with Gasteiger partial charge in [-0.05, 0) is 39.3 Å². The van der Waals surface area contributed by atoms with Gasteiger partial charge < -0.3 is 23.7 Å². The first kappa shape index (κ1) is 30.8. The number of carbonyl (C=O) groups is 1. The molecule has 2 heterocycles. The van der Waals surface area contributed by atoms with E-state index in [2.05, 4.69) is 6.92 Å². The van der Waals surface area contributed by atoms with Crippen LogP contribution >= 0.6 is 0 Å². The average molecular weight is 556 g/mol. The number of sulfonamides is 1. The molecule has 1 aromatic carbocycles. The van der Waals surface area contributed by atoms with Gasteiger partial charge in [0.2, 0.25) is 0 Å². The highest BCUT2D eigenvalue weighted by Crippen LogP contribution is 2.40. The lowest BCUT2D eigenvalue weighted by molar-refractivity contribution is -0.241. The van der Waals surface area contributed by atoms with Gasteiger partial charge in [-0.1, -0.05) is 82.9 Å². The zero-order chi connectivity index (χ0) is 27.6. The molecule has 216 valence electrons. The van der Waals surface area contributed by atoms with Crippen molar-refractivity contribution < 1.29 is 36.9 Å². The largest absolute Gasteiger partial charge is 0.443 e. The van der Waals surface area contributed by atoms with Gasteiger partial charge in [0.25, 0.3) is 10.0 Å². The van der Waals surface area contributed by atoms with Crippen molar-refractivity contribution in [1.29, 1.82) is 0 Å². The Bertz CT molecular complexity index is 955. The first-order valence-electron chi connectivity index (χ1n) is 14.0. The van der Waals surface area contributed by atoms with E-state index < -0.39 is 52.6 Å². The van der Waals surface area contributed by atoms with Crippen molar-refractivity contribution in [2.24, 2.45) is 0 Å². The number of carbonyl (C=O) groups excluding carboxylic acids is 1. The van der Waals surface area contributed by atoms with Crippen LogP contribution in [0.3, 0.4) is 0 Å². The highest BCUT2D eigenvalue weighted by atomic mass is 32.2. The molecule has 0 spiro atoms. The molecule has 2 aliphatic heterocycles. The molecule has 2 saturated heterocycles. The van der Waals surface area contributed by atoms with Gasteiger partial charge in [0.15, 0.2) is 12.1 Å². The van der Waals surface area contributed by atoms with Crippen LogP contribution in [0.15, 0.2) is 35.2 Å². The molecule has 2 fully saturated rings. The monoisotopic (exact) mass is 555 g/mol. The summed E-state index contributed by atoms with van der Waals surface area (Å²) in [6.45, 7) is 8.03. The first-order valence-corrected chi connectivity index (χ1v) is 15.5. The highest BCUT2D eigenvalue weighted by molar-refractivity contribution is 7.90. The van der Waals surface area contributed by atoms with Crippen LogP contribution in [0.5, 0.6) is 0 Å². The minimum absolute atomic E-state index is 0.0310. The summed E-state index contributed by atoms with van der Waals surface area (Å²) >= 11 is 0. The fourth-order valence-electron chi connectivity index (χ4n) is 4.92. The van der Waals surface area contributed by atoms with Crippen LogP contribution in [0.4, 0.5) is 4.79 Å². The number of hydrogen-bond donors (Lipinski definition) is 1. The second-order valence-corrected chi connectivity index (χ2v) is 12.3. The van der Waals surface area contributed by atoms with Crippen LogP contribution in [-0.2, 0) is 33.7 Å². The molecule has 9 nitrogen and oxygen atoms in total. The molecule has 3 rings (SSSR count). The Morgan fingerprint density at radius 1 is 0.947 bits per heavy atom. The molecule has 2 aliphatic rings. The number of amides is 1. The molecule has 0 aromatic heterocycles. The lowest BCUT2D eigenvalue weighted by atomic mass is 10.1. The molecule has 38 heavy (non-hydrogen) atoms. The van der Waals surface area contributed by atoms with E-state index in [4.69, 9.17) is 23.7 Å². The molecule has 0 unspecified atom stereocenters. The van der Waals surface area contributed by atoms with Gasteiger partial charge in [-0.25, -0.2) is 17.9 Å². The Morgan fingerprint density at radius 2 is 1.53 bits per heavy atom. The zero-order valence-electron chi connectivity index (χ0n) is 23.2. The Balaban J connectivity index is 1.43. The van der Waals surface area contributed by atoms with E-state index in [1.165, 1.54) is 63.5 Å². The van der Waals surface area contributed by atoms with Gasteiger partial charge in [0.1, 0.15) is 24.4 Å². The van der Waals surface area contributed by atoms with E-state index >= 15 is 0 Å². The third-order valence-corrected chi connectivity index (χ3v) is 8.18. The third-order valence-electron chi connectivity index (χ3n) is 6.85. The topological polar surface area (TPSA) is 109 Å². The molecule has 1 aromatic rings. The van der Waals surface area contributed by atoms with Gasteiger partial charge in [-0.15, -0.1) is 0 Å². The quantitative estimate of drug-likeness (QED) is 0.260. The Kier molecular flexibility index (Phi) is 11.8. The van der Waals surface area contributed by atoms with Crippen LogP contribution in [-0.4, -0.2) is 57.6 Å². The van der Waals surface area contributed by atoms with Crippen molar-refractivity contribution in [1.82, 2.24) is 4.72 Å². The van der Waals surface area contributed by atoms with Crippen molar-refractivity contribution in [3.63, 3.8) is 0 Å². The number of ether oxygens (including phenoxy) is 5. The van der Waals surface area contributed by atoms with E-state index in [0.717, 1.165) is 12.8 Å². The summed E-state index contributed by atoms with van der Waals surface area (Å²) in [5.41, 5.74) is 0. The maximum atomic E-state index is 12.4. The van der Waals surface area contributed by atoms with Gasteiger partial charge >= 0.3 is 6.09 Å². The van der Waals surface area contributed by atoms with E-state index in [0.29, 0.717) is 6.61 Å². The molecule has 0 bridgehead atoms. The average Bonchev–Trinajstić information content (AvgIpc) is 3.35. The molecular weight excluding hydrogens is 510 g/mol. The fraction of sp³-hybridized carbons (Fsp3) is 0.750. The van der Waals surface area contributed by atoms with Crippen molar-refractivity contribution >= 4 is 16.1 Å². The smallest absolute Gasteiger partial charge is 0.421 e. The zero-order valence-corrected chi connectivity index (χ0v) is 24.0. The summed E-state index contributed by atoms with van der Waals surface area (Å²) in [4.78, 5) is 12.4. The van der Waals surface area contributed by atoms with Crippen LogP contribution in [0.2, 0.25) is 0 Å². The Hall–Kier alpha value is -1.72. The number of fused-ring (bicyclic) bond motifs is 1. The van der Waals surface area contributed by atoms with Gasteiger partial charge in [0, 0.05) is 6.61 Å². The summed E-state index contributed by atoms with van der Waals surface area (Å²) in [5.74, 6) is -0.839. The summed E-state index contributed by atoms with van der Waals surface area (Å²) in [7, 11) is -4.05. The third kappa shape index (κ3) is 9.19. The van der Waals surface area contributed by atoms with Gasteiger partial charge in [-0.3, -0.25) is 0 Å². The van der Waals surface area contributed by atoms with E-state index in [1.54, 1.807) is 25.1 Å². The lowest BCUT2D eigenvalue weighted by Crippen LogP contribution is -2.42. The molecule has 1 N–H and O–H groups in total. The Morgan fingerprint density at radius 3 is 2.16 bits per heavy atom. The summed E-state index contributed by atoms with van der Waals surface area (Å²) in [6, 6.07) is 7.62. The number of unbranched alkanes of at least 4 members (excludes halogenated alkanes) is 9. The van der Waals surface area contributed by atoms with Crippen molar-refractivity contribution in [3.8, 4) is 0 Å². The maximum absolute atomic E-state index is 12.4. The number of nitrogens with one attached hydrogen (secondary N) is 1. The predicted molar refractivity (Wildman–Crippen MR) is 143 cm³/mol. The minimum Gasteiger partial charge on any atom is -0.443 e. The molecular formula is C28H45NO8S. The van der Waals surface area contributed by atoms with Crippen molar-refractivity contribution in [2.45, 2.75) is 133 Å². The summed E-state index contributed by atoms with van der Waals surface area (Å²) < 4.78 is 56.4. The van der Waals surface area contributed by atoms with Gasteiger partial charge in [-0.2, -0.15) is 0 Å². The summed E-state index contributed by atoms with van der Waals surface area (Å²) in [6.07, 6.45) is 8.15. The fourth-order valence-corrected chi connectivity index (χ4v) is 5.82. The standard InChI is InChI=1S/C28H45NO8S/c1-5-6-7-8-9-10-11-12-13-17-20-33-26-25-24(36-28(3,4)37-25)23(35-26)21(2)34-27(30)29-38(31,32)22-18-15-14-16-19-22/h14-16,18-19,21,23-26H,5-13,17,20H2,1-4H3,(H,29,30)/t21-,23-,24+,25+,26+/m1/s1. The number of benzene rings is 1. The maximum Gasteiger partial charge on any atom is 0.421 e. The van der Waals surface area contributed by atoms with Gasteiger partial charge in [0.05, 0.1) is 4.90 Å². The van der Waals surface area contributed by atoms with E-state index in [-0.39, 0.29) is 4.90 Å². The number of hydrogen-bond acceptors (Lipinski definition) is 8. The van der Waals surface area contributed by atoms with Crippen LogP contribution in [0, 0.1) is 0 Å². The molecule has 1 amide bonds. The summed E-state index contributed by atoms with van der Waals surface area (Å²) in [5, 5.41) is 0. The molecule has 0 saturated carbocycles. The van der Waals surface area contributed by atoms with Crippen molar-refractivity contribution in [2.75, 3.05) is 6.61 Å². The minimum atomic E-state index is -4.05. The Labute approximate surface area is 227 Å². The van der Waals surface area contributed by atoms with Crippen LogP contribution in [0.1, 0.15) is 91.9 Å². The first-order chi connectivity index (χ1) is 18.1. The van der Waals surface area contributed by atoms with Crippen LogP contribution < -0.4 is 4.72 Å². The predicted octanol–water partition coefficient (Wildman–Crippen LogP) is 5.67. The van der Waals surface area contributed by atoms with Crippen molar-refractivity contribution in [3.05, 3.63) is 30.3 Å². The molecule has 0 aliphatic carbocycles. The second-order valence-electron chi connectivity index (χ2n) is 10.6. The lowest BCUT2D eigenvalue weighted by Gasteiger charge is -2.27. The number of rotatable bonds is 16. The second kappa shape index (κ2) is 14.6. The normalized spacial score (nSPS) is 25.2. The highest BCUT2D eigenvalue weighted by Gasteiger charge is 2.57. The van der Waals surface area contributed by atoms with E-state index in [9.17, 15) is 13.2 Å².